The molecule has 3 N–H and O–H groups in total. The average Bonchev–Trinajstić information content (AvgIpc) is 3.20. The molecular formula is C21H43IN4O2. The van der Waals surface area contributed by atoms with E-state index in [0.29, 0.717) is 6.04 Å². The number of aliphatic imine (C=N–C) groups is 1. The molecule has 2 saturated heterocycles. The van der Waals surface area contributed by atoms with E-state index in [9.17, 15) is 5.11 Å². The first-order valence-electron chi connectivity index (χ1n) is 11.1. The Balaban J connectivity index is 0.00000392. The Morgan fingerprint density at radius 3 is 2.43 bits per heavy atom. The van der Waals surface area contributed by atoms with Gasteiger partial charge < -0.3 is 25.4 Å². The molecule has 1 atom stereocenters. The first-order chi connectivity index (χ1) is 13.1. The normalized spacial score (nSPS) is 22.1. The molecule has 0 aliphatic carbocycles. The van der Waals surface area contributed by atoms with Gasteiger partial charge in [-0.15, -0.1) is 24.0 Å². The van der Waals surface area contributed by atoms with E-state index in [1.165, 1.54) is 25.8 Å². The van der Waals surface area contributed by atoms with Crippen LogP contribution in [-0.2, 0) is 4.74 Å². The predicted molar refractivity (Wildman–Crippen MR) is 128 cm³/mol. The minimum absolute atomic E-state index is 0. The molecule has 0 spiro atoms. The topological polar surface area (TPSA) is 69.1 Å². The number of hydrogen-bond acceptors (Lipinski definition) is 4. The van der Waals surface area contributed by atoms with Gasteiger partial charge in [-0.25, -0.2) is 0 Å². The Hall–Kier alpha value is -0.120. The molecule has 28 heavy (non-hydrogen) atoms. The van der Waals surface area contributed by atoms with E-state index in [-0.39, 0.29) is 36.0 Å². The van der Waals surface area contributed by atoms with Gasteiger partial charge >= 0.3 is 0 Å². The van der Waals surface area contributed by atoms with Crippen molar-refractivity contribution in [2.45, 2.75) is 65.3 Å². The highest BCUT2D eigenvalue weighted by Crippen LogP contribution is 2.30. The average molecular weight is 511 g/mol. The van der Waals surface area contributed by atoms with E-state index in [1.54, 1.807) is 0 Å². The Labute approximate surface area is 189 Å². The monoisotopic (exact) mass is 510 g/mol. The summed E-state index contributed by atoms with van der Waals surface area (Å²) in [7, 11) is 0. The Bertz CT molecular complexity index is 432. The summed E-state index contributed by atoms with van der Waals surface area (Å²) in [5.74, 6) is 1.67. The molecule has 0 aromatic rings. The minimum atomic E-state index is 0. The predicted octanol–water partition coefficient (Wildman–Crippen LogP) is 2.85. The van der Waals surface area contributed by atoms with E-state index in [0.717, 1.165) is 70.5 Å². The van der Waals surface area contributed by atoms with Crippen molar-refractivity contribution in [1.82, 2.24) is 15.5 Å². The van der Waals surface area contributed by atoms with Gasteiger partial charge in [0.25, 0.3) is 0 Å². The second-order valence-electron chi connectivity index (χ2n) is 8.32. The molecule has 6 nitrogen and oxygen atoms in total. The fourth-order valence-corrected chi connectivity index (χ4v) is 4.26. The molecule has 2 aliphatic rings. The van der Waals surface area contributed by atoms with Crippen molar-refractivity contribution in [3.63, 3.8) is 0 Å². The van der Waals surface area contributed by atoms with E-state index >= 15 is 0 Å². The zero-order valence-corrected chi connectivity index (χ0v) is 20.5. The summed E-state index contributed by atoms with van der Waals surface area (Å²) in [6, 6.07) is 0.495. The van der Waals surface area contributed by atoms with Crippen molar-refractivity contribution in [3.05, 3.63) is 0 Å². The summed E-state index contributed by atoms with van der Waals surface area (Å²) in [5.41, 5.74) is 0.115. The molecule has 0 aromatic carbocycles. The van der Waals surface area contributed by atoms with Crippen molar-refractivity contribution in [1.29, 1.82) is 0 Å². The van der Waals surface area contributed by atoms with Crippen LogP contribution in [0.4, 0.5) is 0 Å². The van der Waals surface area contributed by atoms with Gasteiger partial charge in [0, 0.05) is 52.0 Å². The highest BCUT2D eigenvalue weighted by molar-refractivity contribution is 14.0. The van der Waals surface area contributed by atoms with E-state index in [2.05, 4.69) is 36.3 Å². The molecule has 2 rings (SSSR count). The number of guanidine groups is 1. The van der Waals surface area contributed by atoms with Gasteiger partial charge in [0.15, 0.2) is 5.96 Å². The number of nitrogens with one attached hydrogen (secondary N) is 2. The van der Waals surface area contributed by atoms with E-state index in [4.69, 9.17) is 9.73 Å². The number of aliphatic hydroxyl groups excluding tert-OH is 1. The number of rotatable bonds is 10. The van der Waals surface area contributed by atoms with Crippen LogP contribution in [0.25, 0.3) is 0 Å². The number of ether oxygens (including phenoxy) is 1. The van der Waals surface area contributed by atoms with Gasteiger partial charge in [0.2, 0.25) is 0 Å². The largest absolute Gasteiger partial charge is 0.396 e. The van der Waals surface area contributed by atoms with Crippen LogP contribution in [-0.4, -0.2) is 74.6 Å². The second-order valence-corrected chi connectivity index (χ2v) is 8.32. The maximum Gasteiger partial charge on any atom is 0.191 e. The summed E-state index contributed by atoms with van der Waals surface area (Å²) >= 11 is 0. The highest BCUT2D eigenvalue weighted by Gasteiger charge is 2.27. The maximum absolute atomic E-state index is 9.43. The number of hydrogen-bond donors (Lipinski definition) is 3. The lowest BCUT2D eigenvalue weighted by Crippen LogP contribution is -2.49. The van der Waals surface area contributed by atoms with Gasteiger partial charge in [-0.05, 0) is 56.8 Å². The van der Waals surface area contributed by atoms with Crippen LogP contribution in [0.2, 0.25) is 0 Å². The molecule has 0 saturated carbocycles. The third-order valence-electron chi connectivity index (χ3n) is 6.53. The number of likely N-dealkylation sites (tertiary alicyclic amines) is 1. The van der Waals surface area contributed by atoms with Crippen LogP contribution < -0.4 is 10.6 Å². The Kier molecular flexibility index (Phi) is 12.9. The van der Waals surface area contributed by atoms with Gasteiger partial charge in [-0.2, -0.15) is 0 Å². The minimum Gasteiger partial charge on any atom is -0.396 e. The molecular weight excluding hydrogens is 467 g/mol. The molecule has 0 amide bonds. The number of nitrogens with zero attached hydrogens (tertiary/aromatic N) is 2. The van der Waals surface area contributed by atoms with Crippen LogP contribution in [0.3, 0.4) is 0 Å². The summed E-state index contributed by atoms with van der Waals surface area (Å²) < 4.78 is 5.51. The highest BCUT2D eigenvalue weighted by atomic mass is 127. The quantitative estimate of drug-likeness (QED) is 0.240. The fourth-order valence-electron chi connectivity index (χ4n) is 4.26. The summed E-state index contributed by atoms with van der Waals surface area (Å²) in [6.45, 7) is 13.8. The first kappa shape index (κ1) is 25.9. The third kappa shape index (κ3) is 8.32. The smallest absolute Gasteiger partial charge is 0.191 e. The maximum atomic E-state index is 9.43. The van der Waals surface area contributed by atoms with Crippen LogP contribution in [0.15, 0.2) is 4.99 Å². The van der Waals surface area contributed by atoms with E-state index < -0.39 is 0 Å². The molecule has 0 radical (unpaired) electrons. The third-order valence-corrected chi connectivity index (χ3v) is 6.53. The van der Waals surface area contributed by atoms with Crippen molar-refractivity contribution in [2.75, 3.05) is 52.5 Å². The lowest BCUT2D eigenvalue weighted by molar-refractivity contribution is 0.150. The zero-order chi connectivity index (χ0) is 19.5. The molecule has 2 fully saturated rings. The molecule has 166 valence electrons. The second kappa shape index (κ2) is 14.0. The first-order valence-corrected chi connectivity index (χ1v) is 11.1. The fraction of sp³-hybridized carbons (Fsp3) is 0.952. The lowest BCUT2D eigenvalue weighted by Gasteiger charge is -2.34. The lowest BCUT2D eigenvalue weighted by atomic mass is 9.79. The van der Waals surface area contributed by atoms with Crippen LogP contribution in [0, 0.1) is 11.3 Å². The molecule has 0 bridgehead atoms. The number of halogens is 1. The molecule has 0 aromatic heterocycles. The van der Waals surface area contributed by atoms with Gasteiger partial charge in [0.1, 0.15) is 0 Å². The van der Waals surface area contributed by atoms with Crippen molar-refractivity contribution in [2.24, 2.45) is 16.3 Å². The summed E-state index contributed by atoms with van der Waals surface area (Å²) in [6.07, 6.45) is 6.49. The van der Waals surface area contributed by atoms with Gasteiger partial charge in [-0.1, -0.05) is 13.8 Å². The van der Waals surface area contributed by atoms with Crippen LogP contribution >= 0.6 is 24.0 Å². The van der Waals surface area contributed by atoms with Crippen LogP contribution in [0.1, 0.15) is 59.3 Å². The van der Waals surface area contributed by atoms with Crippen molar-refractivity contribution < 1.29 is 9.84 Å². The van der Waals surface area contributed by atoms with E-state index in [1.807, 2.05) is 0 Å². The van der Waals surface area contributed by atoms with Gasteiger partial charge in [0.05, 0.1) is 6.61 Å². The molecule has 1 unspecified atom stereocenters. The Morgan fingerprint density at radius 2 is 1.89 bits per heavy atom. The number of piperidine rings is 1. The summed E-state index contributed by atoms with van der Waals surface area (Å²) in [4.78, 5) is 7.49. The number of aliphatic hydroxyl groups is 1. The molecule has 7 heteroatoms. The zero-order valence-electron chi connectivity index (χ0n) is 18.2. The standard InChI is InChI=1S/C21H42N4O2.HI/c1-4-21(5-2,10-13-26)17-23-20(22-6-3)24-19-7-11-25(12-8-19)15-18-9-14-27-16-18;/h18-19,26H,4-17H2,1-3H3,(H2,22,23,24);1H. The van der Waals surface area contributed by atoms with Gasteiger partial charge in [-0.3, -0.25) is 4.99 Å². The SMILES string of the molecule is CCNC(=NCC(CC)(CC)CCO)NC1CCN(CC2CCOC2)CC1.I. The van der Waals surface area contributed by atoms with Crippen molar-refractivity contribution >= 4 is 29.9 Å². The van der Waals surface area contributed by atoms with Crippen LogP contribution in [0.5, 0.6) is 0 Å². The van der Waals surface area contributed by atoms with Crippen molar-refractivity contribution in [3.8, 4) is 0 Å². The summed E-state index contributed by atoms with van der Waals surface area (Å²) in [5, 5.41) is 16.5. The Morgan fingerprint density at radius 1 is 1.18 bits per heavy atom. The molecule has 2 aliphatic heterocycles. The molecule has 2 heterocycles.